The molecule has 98 valence electrons. The number of hydrogen-bond donors (Lipinski definition) is 0. The van der Waals surface area contributed by atoms with Crippen LogP contribution in [0.1, 0.15) is 11.1 Å². The summed E-state index contributed by atoms with van der Waals surface area (Å²) in [4.78, 5) is 0. The maximum absolute atomic E-state index is 13.7. The summed E-state index contributed by atoms with van der Waals surface area (Å²) in [6, 6.07) is 10.5. The first kappa shape index (κ1) is 14.0. The molecule has 0 spiro atoms. The number of rotatable bonds is 3. The first-order chi connectivity index (χ1) is 9.10. The van der Waals surface area contributed by atoms with Gasteiger partial charge < -0.3 is 0 Å². The van der Waals surface area contributed by atoms with E-state index in [2.05, 4.69) is 0 Å². The Kier molecular flexibility index (Phi) is 4.56. The van der Waals surface area contributed by atoms with E-state index in [1.807, 2.05) is 6.07 Å². The van der Waals surface area contributed by atoms with Gasteiger partial charge in [-0.05, 0) is 41.5 Å². The predicted octanol–water partition coefficient (Wildman–Crippen LogP) is 5.40. The topological polar surface area (TPSA) is 0 Å². The highest BCUT2D eigenvalue weighted by molar-refractivity contribution is 6.30. The van der Waals surface area contributed by atoms with Crippen LogP contribution in [0.25, 0.3) is 11.6 Å². The Bertz CT molecular complexity index is 621. The Morgan fingerprint density at radius 3 is 2.53 bits per heavy atom. The average Bonchev–Trinajstić information content (AvgIpc) is 2.37. The molecule has 2 rings (SSSR count). The van der Waals surface area contributed by atoms with Gasteiger partial charge in [0.25, 0.3) is 0 Å². The van der Waals surface area contributed by atoms with Crippen LogP contribution in [-0.2, 0) is 0 Å². The number of benzene rings is 2. The monoisotopic (exact) mass is 298 g/mol. The van der Waals surface area contributed by atoms with Gasteiger partial charge >= 0.3 is 0 Å². The van der Waals surface area contributed by atoms with Gasteiger partial charge in [-0.25, -0.2) is 8.78 Å². The van der Waals surface area contributed by atoms with E-state index in [4.69, 9.17) is 23.2 Å². The van der Waals surface area contributed by atoms with Crippen LogP contribution >= 0.6 is 23.2 Å². The molecule has 2 aromatic rings. The van der Waals surface area contributed by atoms with Crippen molar-refractivity contribution in [2.45, 2.75) is 0 Å². The van der Waals surface area contributed by atoms with E-state index in [-0.39, 0.29) is 11.4 Å². The lowest BCUT2D eigenvalue weighted by Crippen LogP contribution is -1.92. The lowest BCUT2D eigenvalue weighted by atomic mass is 10.0. The maximum atomic E-state index is 13.7. The minimum Gasteiger partial charge on any atom is -0.207 e. The second-order valence-corrected chi connectivity index (χ2v) is 4.69. The molecule has 4 heteroatoms. The molecule has 0 radical (unpaired) electrons. The number of allylic oxidation sites excluding steroid dienone is 1. The molecule has 0 unspecified atom stereocenters. The molecular weight excluding hydrogens is 289 g/mol. The third-order valence-corrected chi connectivity index (χ3v) is 3.13. The van der Waals surface area contributed by atoms with Crippen LogP contribution in [0.2, 0.25) is 5.02 Å². The second kappa shape index (κ2) is 6.18. The molecular formula is C15H10Cl2F2. The van der Waals surface area contributed by atoms with Crippen LogP contribution in [0.15, 0.2) is 42.5 Å². The molecule has 19 heavy (non-hydrogen) atoms. The van der Waals surface area contributed by atoms with Crippen molar-refractivity contribution in [1.82, 2.24) is 0 Å². The zero-order valence-corrected chi connectivity index (χ0v) is 11.3. The summed E-state index contributed by atoms with van der Waals surface area (Å²) in [5, 5.41) is 0.585. The van der Waals surface area contributed by atoms with Gasteiger partial charge in [-0.2, -0.15) is 0 Å². The standard InChI is InChI=1S/C15H10Cl2F2/c16-9-11(6-10-2-1-3-12(17)7-10)14-5-4-13(18)8-15(14)19/h1-8H,9H2. The third-order valence-electron chi connectivity index (χ3n) is 2.61. The molecule has 0 N–H and O–H groups in total. The third kappa shape index (κ3) is 3.55. The Labute approximate surface area is 120 Å². The zero-order chi connectivity index (χ0) is 13.8. The van der Waals surface area contributed by atoms with Gasteiger partial charge in [-0.1, -0.05) is 23.7 Å². The fourth-order valence-electron chi connectivity index (χ4n) is 1.74. The summed E-state index contributed by atoms with van der Waals surface area (Å²) in [7, 11) is 0. The van der Waals surface area contributed by atoms with Crippen molar-refractivity contribution >= 4 is 34.9 Å². The van der Waals surface area contributed by atoms with Crippen molar-refractivity contribution in [3.8, 4) is 0 Å². The molecule has 0 saturated carbocycles. The second-order valence-electron chi connectivity index (χ2n) is 3.98. The van der Waals surface area contributed by atoms with Gasteiger partial charge in [0, 0.05) is 22.5 Å². The predicted molar refractivity (Wildman–Crippen MR) is 76.4 cm³/mol. The molecule has 0 saturated heterocycles. The van der Waals surface area contributed by atoms with Crippen LogP contribution in [0.5, 0.6) is 0 Å². The van der Waals surface area contributed by atoms with Crippen molar-refractivity contribution in [2.24, 2.45) is 0 Å². The molecule has 0 heterocycles. The summed E-state index contributed by atoms with van der Waals surface area (Å²) < 4.78 is 26.6. The maximum Gasteiger partial charge on any atom is 0.133 e. The minimum atomic E-state index is -0.631. The van der Waals surface area contributed by atoms with Gasteiger partial charge in [-0.15, -0.1) is 11.6 Å². The minimum absolute atomic E-state index is 0.120. The van der Waals surface area contributed by atoms with Gasteiger partial charge in [0.15, 0.2) is 0 Å². The smallest absolute Gasteiger partial charge is 0.133 e. The Balaban J connectivity index is 2.44. The summed E-state index contributed by atoms with van der Waals surface area (Å²) in [6.07, 6.45) is 1.73. The first-order valence-electron chi connectivity index (χ1n) is 5.57. The summed E-state index contributed by atoms with van der Waals surface area (Å²) in [6.45, 7) is 0. The van der Waals surface area contributed by atoms with Crippen molar-refractivity contribution < 1.29 is 8.78 Å². The number of halogens is 4. The quantitative estimate of drug-likeness (QED) is 0.526. The van der Waals surface area contributed by atoms with Crippen molar-refractivity contribution in [3.05, 3.63) is 70.2 Å². The van der Waals surface area contributed by atoms with E-state index in [9.17, 15) is 8.78 Å². The number of alkyl halides is 1. The van der Waals surface area contributed by atoms with Gasteiger partial charge in [0.1, 0.15) is 11.6 Å². The van der Waals surface area contributed by atoms with E-state index < -0.39 is 11.6 Å². The normalized spacial score (nSPS) is 11.7. The molecule has 0 fully saturated rings. The van der Waals surface area contributed by atoms with E-state index in [0.717, 1.165) is 11.6 Å². The molecule has 0 amide bonds. The fraction of sp³-hybridized carbons (Fsp3) is 0.0667. The Morgan fingerprint density at radius 1 is 1.11 bits per heavy atom. The van der Waals surface area contributed by atoms with Crippen LogP contribution in [-0.4, -0.2) is 5.88 Å². The van der Waals surface area contributed by atoms with Crippen LogP contribution in [0.3, 0.4) is 0 Å². The van der Waals surface area contributed by atoms with E-state index in [1.165, 1.54) is 12.1 Å². The molecule has 0 bridgehead atoms. The SMILES string of the molecule is Fc1ccc(C(=Cc2cccc(Cl)c2)CCl)c(F)c1. The van der Waals surface area contributed by atoms with E-state index in [0.29, 0.717) is 10.6 Å². The Hall–Kier alpha value is -1.38. The van der Waals surface area contributed by atoms with E-state index in [1.54, 1.807) is 24.3 Å². The summed E-state index contributed by atoms with van der Waals surface area (Å²) in [5.41, 5.74) is 1.67. The summed E-state index contributed by atoms with van der Waals surface area (Å²) in [5.74, 6) is -1.12. The fourth-order valence-corrected chi connectivity index (χ4v) is 2.16. The highest BCUT2D eigenvalue weighted by Gasteiger charge is 2.08. The van der Waals surface area contributed by atoms with Crippen molar-refractivity contribution in [3.63, 3.8) is 0 Å². The summed E-state index contributed by atoms with van der Waals surface area (Å²) >= 11 is 11.7. The van der Waals surface area contributed by atoms with Crippen LogP contribution < -0.4 is 0 Å². The Morgan fingerprint density at radius 2 is 1.89 bits per heavy atom. The molecule has 0 aliphatic rings. The largest absolute Gasteiger partial charge is 0.207 e. The molecule has 0 aromatic heterocycles. The van der Waals surface area contributed by atoms with Crippen molar-refractivity contribution in [2.75, 3.05) is 5.88 Å². The van der Waals surface area contributed by atoms with Crippen LogP contribution in [0, 0.1) is 11.6 Å². The average molecular weight is 299 g/mol. The highest BCUT2D eigenvalue weighted by atomic mass is 35.5. The first-order valence-corrected chi connectivity index (χ1v) is 6.49. The van der Waals surface area contributed by atoms with Gasteiger partial charge in [-0.3, -0.25) is 0 Å². The molecule has 2 aromatic carbocycles. The van der Waals surface area contributed by atoms with Crippen molar-refractivity contribution in [1.29, 1.82) is 0 Å². The highest BCUT2D eigenvalue weighted by Crippen LogP contribution is 2.24. The van der Waals surface area contributed by atoms with Crippen LogP contribution in [0.4, 0.5) is 8.78 Å². The lowest BCUT2D eigenvalue weighted by Gasteiger charge is -2.06. The van der Waals surface area contributed by atoms with Gasteiger partial charge in [0.2, 0.25) is 0 Å². The molecule has 0 atom stereocenters. The molecule has 0 aliphatic heterocycles. The zero-order valence-electron chi connectivity index (χ0n) is 9.84. The van der Waals surface area contributed by atoms with E-state index >= 15 is 0 Å². The number of hydrogen-bond acceptors (Lipinski definition) is 0. The molecule has 0 nitrogen and oxygen atoms in total. The lowest BCUT2D eigenvalue weighted by molar-refractivity contribution is 0.581. The van der Waals surface area contributed by atoms with Gasteiger partial charge in [0.05, 0.1) is 0 Å². The molecule has 0 aliphatic carbocycles.